The van der Waals surface area contributed by atoms with Crippen molar-refractivity contribution < 1.29 is 17.9 Å². The molecule has 146 valence electrons. The Kier molecular flexibility index (Phi) is 6.19. The lowest BCUT2D eigenvalue weighted by Gasteiger charge is -2.21. The third-order valence-corrected chi connectivity index (χ3v) is 5.62. The van der Waals surface area contributed by atoms with Gasteiger partial charge in [0.2, 0.25) is 10.0 Å². The summed E-state index contributed by atoms with van der Waals surface area (Å²) in [6.45, 7) is 7.08. The van der Waals surface area contributed by atoms with Crippen LogP contribution in [-0.4, -0.2) is 27.0 Å². The Hall–Kier alpha value is -2.09. The molecule has 0 unspecified atom stereocenters. The predicted molar refractivity (Wildman–Crippen MR) is 107 cm³/mol. The number of benzene rings is 2. The van der Waals surface area contributed by atoms with Gasteiger partial charge in [0.15, 0.2) is 0 Å². The molecule has 1 amide bonds. The third kappa shape index (κ3) is 5.45. The van der Waals surface area contributed by atoms with Gasteiger partial charge in [-0.2, -0.15) is 0 Å². The van der Waals surface area contributed by atoms with Crippen LogP contribution < -0.4 is 14.8 Å². The number of anilines is 1. The van der Waals surface area contributed by atoms with Crippen LogP contribution >= 0.6 is 11.6 Å². The van der Waals surface area contributed by atoms with Crippen LogP contribution in [0.5, 0.6) is 5.75 Å². The fraction of sp³-hybridized carbons (Fsp3) is 0.316. The number of rotatable bonds is 5. The van der Waals surface area contributed by atoms with Crippen molar-refractivity contribution in [2.45, 2.75) is 38.1 Å². The van der Waals surface area contributed by atoms with Crippen LogP contribution in [-0.2, 0) is 10.0 Å². The molecule has 2 rings (SSSR count). The number of ether oxygens (including phenoxy) is 1. The van der Waals surface area contributed by atoms with E-state index in [1.807, 2.05) is 13.0 Å². The topological polar surface area (TPSA) is 84.5 Å². The zero-order chi connectivity index (χ0) is 20.4. The molecule has 8 heteroatoms. The van der Waals surface area contributed by atoms with Crippen LogP contribution in [0, 0.1) is 6.92 Å². The smallest absolute Gasteiger partial charge is 0.255 e. The van der Waals surface area contributed by atoms with E-state index in [0.29, 0.717) is 10.7 Å². The molecule has 0 radical (unpaired) electrons. The van der Waals surface area contributed by atoms with E-state index >= 15 is 0 Å². The van der Waals surface area contributed by atoms with Crippen LogP contribution in [0.15, 0.2) is 41.3 Å². The third-order valence-electron chi connectivity index (χ3n) is 3.53. The first-order valence-electron chi connectivity index (χ1n) is 8.22. The summed E-state index contributed by atoms with van der Waals surface area (Å²) in [4.78, 5) is 12.5. The highest BCUT2D eigenvalue weighted by Gasteiger charge is 2.26. The Labute approximate surface area is 164 Å². The Bertz CT molecular complexity index is 966. The summed E-state index contributed by atoms with van der Waals surface area (Å²) in [5, 5.41) is 3.09. The Morgan fingerprint density at radius 3 is 2.33 bits per heavy atom. The van der Waals surface area contributed by atoms with Crippen LogP contribution in [0.25, 0.3) is 0 Å². The molecule has 0 atom stereocenters. The number of amides is 1. The molecule has 6 nitrogen and oxygen atoms in total. The maximum Gasteiger partial charge on any atom is 0.255 e. The lowest BCUT2D eigenvalue weighted by Crippen LogP contribution is -2.40. The first-order chi connectivity index (χ1) is 12.4. The van der Waals surface area contributed by atoms with Crippen molar-refractivity contribution in [1.82, 2.24) is 4.72 Å². The quantitative estimate of drug-likeness (QED) is 0.780. The maximum atomic E-state index is 12.7. The largest absolute Gasteiger partial charge is 0.495 e. The van der Waals surface area contributed by atoms with Gasteiger partial charge < -0.3 is 10.1 Å². The number of nitrogens with one attached hydrogen (secondary N) is 2. The van der Waals surface area contributed by atoms with Crippen molar-refractivity contribution >= 4 is 33.2 Å². The van der Waals surface area contributed by atoms with Crippen molar-refractivity contribution in [2.24, 2.45) is 0 Å². The average Bonchev–Trinajstić information content (AvgIpc) is 2.54. The lowest BCUT2D eigenvalue weighted by molar-refractivity contribution is 0.102. The molecule has 0 bridgehead atoms. The summed E-state index contributed by atoms with van der Waals surface area (Å²) in [6.07, 6.45) is 0. The second-order valence-corrected chi connectivity index (χ2v) is 9.22. The molecule has 0 fully saturated rings. The minimum Gasteiger partial charge on any atom is -0.495 e. The first-order valence-corrected chi connectivity index (χ1v) is 10.1. The number of sulfonamides is 1. The molecule has 0 aliphatic carbocycles. The van der Waals surface area contributed by atoms with Gasteiger partial charge in [-0.1, -0.05) is 17.7 Å². The molecule has 0 heterocycles. The predicted octanol–water partition coefficient (Wildman–Crippen LogP) is 3.99. The molecule has 0 spiro atoms. The SMILES string of the molecule is COc1ccc(C(=O)Nc2ccc(C)cc2Cl)cc1S(=O)(=O)NC(C)(C)C. The van der Waals surface area contributed by atoms with Gasteiger partial charge in [0.25, 0.3) is 5.91 Å². The zero-order valence-corrected chi connectivity index (χ0v) is 17.5. The van der Waals surface area contributed by atoms with Gasteiger partial charge in [0.1, 0.15) is 10.6 Å². The van der Waals surface area contributed by atoms with Crippen LogP contribution in [0.2, 0.25) is 5.02 Å². The second kappa shape index (κ2) is 7.88. The van der Waals surface area contributed by atoms with Gasteiger partial charge in [-0.3, -0.25) is 4.79 Å². The zero-order valence-electron chi connectivity index (χ0n) is 15.9. The van der Waals surface area contributed by atoms with Crippen molar-refractivity contribution in [3.63, 3.8) is 0 Å². The minimum absolute atomic E-state index is 0.109. The summed E-state index contributed by atoms with van der Waals surface area (Å²) in [7, 11) is -2.51. The van der Waals surface area contributed by atoms with Gasteiger partial charge in [-0.05, 0) is 63.6 Å². The molecule has 0 aliphatic heterocycles. The number of methoxy groups -OCH3 is 1. The monoisotopic (exact) mass is 410 g/mol. The summed E-state index contributed by atoms with van der Waals surface area (Å²) >= 11 is 6.14. The van der Waals surface area contributed by atoms with E-state index in [-0.39, 0.29) is 16.2 Å². The molecular weight excluding hydrogens is 388 g/mol. The molecule has 2 N–H and O–H groups in total. The van der Waals surface area contributed by atoms with E-state index in [0.717, 1.165) is 5.56 Å². The molecule has 2 aromatic carbocycles. The second-order valence-electron chi connectivity index (χ2n) is 7.16. The standard InChI is InChI=1S/C19H23ClN2O4S/c1-12-6-8-15(14(20)10-12)21-18(23)13-7-9-16(26-5)17(11-13)27(24,25)22-19(2,3)4/h6-11,22H,1-5H3,(H,21,23). The van der Waals surface area contributed by atoms with Gasteiger partial charge in [-0.15, -0.1) is 0 Å². The fourth-order valence-electron chi connectivity index (χ4n) is 2.40. The number of halogens is 1. The highest BCUT2D eigenvalue weighted by atomic mass is 35.5. The van der Waals surface area contributed by atoms with Crippen molar-refractivity contribution in [3.05, 3.63) is 52.5 Å². The normalized spacial score (nSPS) is 11.9. The van der Waals surface area contributed by atoms with E-state index in [4.69, 9.17) is 16.3 Å². The van der Waals surface area contributed by atoms with Crippen LogP contribution in [0.4, 0.5) is 5.69 Å². The molecule has 27 heavy (non-hydrogen) atoms. The Balaban J connectivity index is 2.40. The van der Waals surface area contributed by atoms with E-state index < -0.39 is 21.5 Å². The summed E-state index contributed by atoms with van der Waals surface area (Å²) in [5.74, 6) is -0.327. The van der Waals surface area contributed by atoms with E-state index in [1.54, 1.807) is 32.9 Å². The number of aryl methyl sites for hydroxylation is 1. The lowest BCUT2D eigenvalue weighted by atomic mass is 10.1. The maximum absolute atomic E-state index is 12.7. The molecule has 0 aliphatic rings. The van der Waals surface area contributed by atoms with Crippen molar-refractivity contribution in [1.29, 1.82) is 0 Å². The van der Waals surface area contributed by atoms with E-state index in [2.05, 4.69) is 10.0 Å². The highest BCUT2D eigenvalue weighted by molar-refractivity contribution is 7.89. The van der Waals surface area contributed by atoms with E-state index in [9.17, 15) is 13.2 Å². The minimum atomic E-state index is -3.88. The van der Waals surface area contributed by atoms with Crippen molar-refractivity contribution in [3.8, 4) is 5.75 Å². The van der Waals surface area contributed by atoms with Crippen LogP contribution in [0.1, 0.15) is 36.7 Å². The van der Waals surface area contributed by atoms with Crippen LogP contribution in [0.3, 0.4) is 0 Å². The highest BCUT2D eigenvalue weighted by Crippen LogP contribution is 2.27. The summed E-state index contributed by atoms with van der Waals surface area (Å²) in [5.41, 5.74) is 0.892. The molecule has 0 saturated heterocycles. The Morgan fingerprint density at radius 2 is 1.78 bits per heavy atom. The van der Waals surface area contributed by atoms with Gasteiger partial charge in [0, 0.05) is 11.1 Å². The number of hydrogen-bond donors (Lipinski definition) is 2. The van der Waals surface area contributed by atoms with Crippen molar-refractivity contribution in [2.75, 3.05) is 12.4 Å². The van der Waals surface area contributed by atoms with E-state index in [1.165, 1.54) is 25.3 Å². The summed E-state index contributed by atoms with van der Waals surface area (Å²) in [6, 6.07) is 9.46. The molecule has 0 saturated carbocycles. The first kappa shape index (κ1) is 21.2. The molecular formula is C19H23ClN2O4S. The fourth-order valence-corrected chi connectivity index (χ4v) is 4.30. The number of carbonyl (C=O) groups is 1. The molecule has 0 aromatic heterocycles. The van der Waals surface area contributed by atoms with Gasteiger partial charge >= 0.3 is 0 Å². The number of carbonyl (C=O) groups excluding carboxylic acids is 1. The number of hydrogen-bond acceptors (Lipinski definition) is 4. The Morgan fingerprint density at radius 1 is 1.11 bits per heavy atom. The summed E-state index contributed by atoms with van der Waals surface area (Å²) < 4.78 is 33.1. The van der Waals surface area contributed by atoms with Gasteiger partial charge in [0.05, 0.1) is 17.8 Å². The average molecular weight is 411 g/mol. The van der Waals surface area contributed by atoms with Gasteiger partial charge in [-0.25, -0.2) is 13.1 Å². The molecule has 2 aromatic rings.